The number of likely N-dealkylation sites (N-methyl/N-ethyl adjacent to an activating group) is 1. The van der Waals surface area contributed by atoms with Crippen LogP contribution in [-0.2, 0) is 11.3 Å². The van der Waals surface area contributed by atoms with Crippen LogP contribution in [0.15, 0.2) is 23.2 Å². The lowest BCUT2D eigenvalue weighted by Gasteiger charge is -2.18. The first-order valence-corrected chi connectivity index (χ1v) is 8.52. The van der Waals surface area contributed by atoms with Crippen LogP contribution in [0.25, 0.3) is 0 Å². The number of rotatable bonds is 8. The maximum absolute atomic E-state index is 12.6. The number of guanidine groups is 1. The Bertz CT molecular complexity index is 627. The molecule has 0 aliphatic carbocycles. The number of carbonyl (C=O) groups excluding carboxylic acids is 1. The van der Waals surface area contributed by atoms with Crippen LogP contribution >= 0.6 is 24.0 Å². The monoisotopic (exact) mass is 498 g/mol. The van der Waals surface area contributed by atoms with Crippen LogP contribution in [0.1, 0.15) is 31.4 Å². The molecule has 6 nitrogen and oxygen atoms in total. The summed E-state index contributed by atoms with van der Waals surface area (Å²) < 4.78 is 29.7. The first-order valence-electron chi connectivity index (χ1n) is 8.52. The van der Waals surface area contributed by atoms with Crippen molar-refractivity contribution in [3.63, 3.8) is 0 Å². The van der Waals surface area contributed by atoms with Crippen molar-refractivity contribution in [1.29, 1.82) is 0 Å². The van der Waals surface area contributed by atoms with Crippen LogP contribution in [0.5, 0.6) is 5.75 Å². The van der Waals surface area contributed by atoms with E-state index >= 15 is 0 Å². The average Bonchev–Trinajstić information content (AvgIpc) is 2.58. The predicted molar refractivity (Wildman–Crippen MR) is 114 cm³/mol. The lowest BCUT2D eigenvalue weighted by molar-refractivity contribution is -0.127. The van der Waals surface area contributed by atoms with Crippen molar-refractivity contribution in [3.8, 4) is 5.75 Å². The number of aliphatic imine (C=N–C) groups is 1. The number of ether oxygens (including phenoxy) is 1. The first-order chi connectivity index (χ1) is 12.2. The molecule has 0 spiro atoms. The topological polar surface area (TPSA) is 66.0 Å². The minimum Gasteiger partial charge on any atom is -0.434 e. The summed E-state index contributed by atoms with van der Waals surface area (Å²) >= 11 is 0. The Labute approximate surface area is 176 Å². The van der Waals surface area contributed by atoms with Crippen molar-refractivity contribution in [3.05, 3.63) is 29.3 Å². The Morgan fingerprint density at radius 1 is 1.33 bits per heavy atom. The summed E-state index contributed by atoms with van der Waals surface area (Å²) in [4.78, 5) is 17.7. The highest BCUT2D eigenvalue weighted by molar-refractivity contribution is 14.0. The van der Waals surface area contributed by atoms with Gasteiger partial charge in [-0.1, -0.05) is 24.6 Å². The zero-order valence-corrected chi connectivity index (χ0v) is 18.7. The fourth-order valence-electron chi connectivity index (χ4n) is 2.01. The van der Waals surface area contributed by atoms with Gasteiger partial charge in [0.2, 0.25) is 5.91 Å². The summed E-state index contributed by atoms with van der Waals surface area (Å²) in [6.45, 7) is 3.22. The molecule has 27 heavy (non-hydrogen) atoms. The maximum Gasteiger partial charge on any atom is 0.387 e. The number of hydrogen-bond acceptors (Lipinski definition) is 3. The molecule has 0 heterocycles. The second kappa shape index (κ2) is 12.7. The SMILES string of the molecule is CCC(C)NC(=NCc1cc(C)ccc1OC(F)F)NCC(=O)N(C)C.I. The molecule has 0 radical (unpaired) electrons. The average molecular weight is 498 g/mol. The molecule has 0 fully saturated rings. The molecule has 1 atom stereocenters. The quantitative estimate of drug-likeness (QED) is 0.329. The van der Waals surface area contributed by atoms with Crippen molar-refractivity contribution in [1.82, 2.24) is 15.5 Å². The fraction of sp³-hybridized carbons (Fsp3) is 0.556. The summed E-state index contributed by atoms with van der Waals surface area (Å²) in [6, 6.07) is 5.12. The van der Waals surface area contributed by atoms with Gasteiger partial charge in [-0.05, 0) is 26.3 Å². The molecule has 154 valence electrons. The van der Waals surface area contributed by atoms with E-state index in [4.69, 9.17) is 0 Å². The van der Waals surface area contributed by atoms with E-state index in [1.165, 1.54) is 11.0 Å². The van der Waals surface area contributed by atoms with Gasteiger partial charge in [0.1, 0.15) is 5.75 Å². The van der Waals surface area contributed by atoms with Crippen LogP contribution in [0.3, 0.4) is 0 Å². The number of carbonyl (C=O) groups is 1. The Kier molecular flexibility index (Phi) is 11.9. The minimum absolute atomic E-state index is 0. The van der Waals surface area contributed by atoms with E-state index in [1.807, 2.05) is 20.8 Å². The molecular formula is C18H29F2IN4O2. The number of hydrogen-bond donors (Lipinski definition) is 2. The van der Waals surface area contributed by atoms with E-state index in [1.54, 1.807) is 26.2 Å². The molecule has 0 saturated carbocycles. The van der Waals surface area contributed by atoms with E-state index < -0.39 is 6.61 Å². The third-order valence-electron chi connectivity index (χ3n) is 3.74. The molecule has 1 aromatic rings. The van der Waals surface area contributed by atoms with Crippen LogP contribution in [0, 0.1) is 6.92 Å². The standard InChI is InChI=1S/C18H28F2N4O2.HI/c1-6-13(3)23-18(22-11-16(25)24(4)5)21-10-14-9-12(2)7-8-15(14)26-17(19)20;/h7-9,13,17H,6,10-11H2,1-5H3,(H2,21,22,23);1H. The van der Waals surface area contributed by atoms with Gasteiger partial charge in [0, 0.05) is 25.7 Å². The summed E-state index contributed by atoms with van der Waals surface area (Å²) in [7, 11) is 3.34. The second-order valence-corrected chi connectivity index (χ2v) is 6.25. The van der Waals surface area contributed by atoms with Gasteiger partial charge >= 0.3 is 6.61 Å². The van der Waals surface area contributed by atoms with Crippen LogP contribution < -0.4 is 15.4 Å². The Morgan fingerprint density at radius 3 is 2.56 bits per heavy atom. The number of halogens is 3. The van der Waals surface area contributed by atoms with Gasteiger partial charge in [0.25, 0.3) is 0 Å². The van der Waals surface area contributed by atoms with Gasteiger partial charge in [0.15, 0.2) is 5.96 Å². The van der Waals surface area contributed by atoms with Crippen molar-refractivity contribution < 1.29 is 18.3 Å². The zero-order chi connectivity index (χ0) is 19.7. The van der Waals surface area contributed by atoms with E-state index in [0.29, 0.717) is 11.5 Å². The largest absolute Gasteiger partial charge is 0.434 e. The molecule has 1 rings (SSSR count). The highest BCUT2D eigenvalue weighted by Crippen LogP contribution is 2.22. The zero-order valence-electron chi connectivity index (χ0n) is 16.4. The Balaban J connectivity index is 0.00000676. The summed E-state index contributed by atoms with van der Waals surface area (Å²) in [6.07, 6.45) is 0.868. The third kappa shape index (κ3) is 9.73. The number of nitrogens with one attached hydrogen (secondary N) is 2. The van der Waals surface area contributed by atoms with E-state index in [-0.39, 0.29) is 54.8 Å². The summed E-state index contributed by atoms with van der Waals surface area (Å²) in [5.74, 6) is 0.446. The molecular weight excluding hydrogens is 469 g/mol. The van der Waals surface area contributed by atoms with Gasteiger partial charge < -0.3 is 20.3 Å². The molecule has 1 amide bonds. The van der Waals surface area contributed by atoms with Crippen LogP contribution in [0.4, 0.5) is 8.78 Å². The second-order valence-electron chi connectivity index (χ2n) is 6.25. The summed E-state index contributed by atoms with van der Waals surface area (Å²) in [5, 5.41) is 6.16. The van der Waals surface area contributed by atoms with E-state index in [2.05, 4.69) is 20.4 Å². The maximum atomic E-state index is 12.6. The van der Waals surface area contributed by atoms with Gasteiger partial charge in [-0.3, -0.25) is 4.79 Å². The molecule has 9 heteroatoms. The van der Waals surface area contributed by atoms with Crippen molar-refractivity contribution >= 4 is 35.8 Å². The van der Waals surface area contributed by atoms with Crippen LogP contribution in [0.2, 0.25) is 0 Å². The van der Waals surface area contributed by atoms with Gasteiger partial charge in [-0.2, -0.15) is 8.78 Å². The number of amides is 1. The highest BCUT2D eigenvalue weighted by atomic mass is 127. The molecule has 0 saturated heterocycles. The van der Waals surface area contributed by atoms with Gasteiger partial charge in [-0.25, -0.2) is 4.99 Å². The van der Waals surface area contributed by atoms with Gasteiger partial charge in [0.05, 0.1) is 13.1 Å². The molecule has 1 unspecified atom stereocenters. The summed E-state index contributed by atoms with van der Waals surface area (Å²) in [5.41, 5.74) is 1.47. The normalized spacial score (nSPS) is 12.2. The highest BCUT2D eigenvalue weighted by Gasteiger charge is 2.11. The van der Waals surface area contributed by atoms with E-state index in [9.17, 15) is 13.6 Å². The third-order valence-corrected chi connectivity index (χ3v) is 3.74. The molecule has 1 aromatic carbocycles. The number of alkyl halides is 2. The Hall–Kier alpha value is -1.65. The number of benzene rings is 1. The predicted octanol–water partition coefficient (Wildman–Crippen LogP) is 3.14. The molecule has 0 aliphatic rings. The molecule has 0 bridgehead atoms. The number of nitrogens with zero attached hydrogens (tertiary/aromatic N) is 2. The molecule has 0 aliphatic heterocycles. The van der Waals surface area contributed by atoms with Crippen molar-refractivity contribution in [2.24, 2.45) is 4.99 Å². The molecule has 0 aromatic heterocycles. The number of aryl methyl sites for hydroxylation is 1. The lowest BCUT2D eigenvalue weighted by atomic mass is 10.1. The first kappa shape index (κ1) is 25.4. The molecule has 2 N–H and O–H groups in total. The van der Waals surface area contributed by atoms with Crippen molar-refractivity contribution in [2.75, 3.05) is 20.6 Å². The Morgan fingerprint density at radius 2 is 2.00 bits per heavy atom. The fourth-order valence-corrected chi connectivity index (χ4v) is 2.01. The van der Waals surface area contributed by atoms with Crippen LogP contribution in [-0.4, -0.2) is 50.1 Å². The minimum atomic E-state index is -2.89. The lowest BCUT2D eigenvalue weighted by Crippen LogP contribution is -2.45. The van der Waals surface area contributed by atoms with Crippen molar-refractivity contribution in [2.45, 2.75) is 46.4 Å². The smallest absolute Gasteiger partial charge is 0.387 e. The van der Waals surface area contributed by atoms with E-state index in [0.717, 1.165) is 12.0 Å². The van der Waals surface area contributed by atoms with Gasteiger partial charge in [-0.15, -0.1) is 24.0 Å².